The number of aromatic nitrogens is 2. The van der Waals surface area contributed by atoms with Gasteiger partial charge in [0.1, 0.15) is 22.3 Å². The van der Waals surface area contributed by atoms with Crippen LogP contribution in [-0.2, 0) is 0 Å². The Morgan fingerprint density at radius 2 is 0.661 bits per heavy atom. The minimum absolute atomic E-state index is 0.621. The molecule has 0 saturated carbocycles. The van der Waals surface area contributed by atoms with E-state index in [9.17, 15) is 0 Å². The highest BCUT2D eigenvalue weighted by Gasteiger charge is 2.19. The first-order valence-electron chi connectivity index (χ1n) is 20.9. The van der Waals surface area contributed by atoms with Crippen molar-refractivity contribution in [2.45, 2.75) is 0 Å². The van der Waals surface area contributed by atoms with Crippen LogP contribution in [0.2, 0.25) is 0 Å². The zero-order chi connectivity index (χ0) is 41.0. The summed E-state index contributed by atoms with van der Waals surface area (Å²) in [6.45, 7) is 0. The van der Waals surface area contributed by atoms with E-state index in [-0.39, 0.29) is 0 Å². The topological polar surface area (TPSA) is 52.1 Å². The van der Waals surface area contributed by atoms with Crippen molar-refractivity contribution in [2.75, 3.05) is 0 Å². The maximum atomic E-state index is 6.62. The third-order valence-electron chi connectivity index (χ3n) is 11.9. The van der Waals surface area contributed by atoms with Gasteiger partial charge in [0.05, 0.1) is 11.4 Å². The van der Waals surface area contributed by atoms with Gasteiger partial charge < -0.3 is 8.83 Å². The van der Waals surface area contributed by atoms with E-state index in [1.807, 2.05) is 36.4 Å². The summed E-state index contributed by atoms with van der Waals surface area (Å²) in [7, 11) is 0. The van der Waals surface area contributed by atoms with Gasteiger partial charge in [-0.05, 0) is 75.8 Å². The number of hydrogen-bond donors (Lipinski definition) is 0. The number of nitrogens with zero attached hydrogens (tertiary/aromatic N) is 2. The zero-order valence-corrected chi connectivity index (χ0v) is 33.5. The van der Waals surface area contributed by atoms with E-state index < -0.39 is 0 Å². The molecule has 12 rings (SSSR count). The number of benzene rings is 9. The second-order valence-electron chi connectivity index (χ2n) is 15.7. The fourth-order valence-corrected chi connectivity index (χ4v) is 8.84. The minimum Gasteiger partial charge on any atom is -0.455 e. The van der Waals surface area contributed by atoms with Crippen LogP contribution >= 0.6 is 0 Å². The maximum Gasteiger partial charge on any atom is 0.160 e. The molecule has 0 bridgehead atoms. The van der Waals surface area contributed by atoms with Crippen LogP contribution in [-0.4, -0.2) is 9.97 Å². The predicted molar refractivity (Wildman–Crippen MR) is 255 cm³/mol. The summed E-state index contributed by atoms with van der Waals surface area (Å²) >= 11 is 0. The summed E-state index contributed by atoms with van der Waals surface area (Å²) in [5, 5.41) is 4.32. The first kappa shape index (κ1) is 35.6. The Bertz CT molecular complexity index is 3490. The lowest BCUT2D eigenvalue weighted by Crippen LogP contribution is -1.97. The fraction of sp³-hybridized carbons (Fsp3) is 0. The third kappa shape index (κ3) is 6.25. The highest BCUT2D eigenvalue weighted by Crippen LogP contribution is 2.42. The molecule has 0 aliphatic carbocycles. The Labute approximate surface area is 358 Å². The molecule has 62 heavy (non-hydrogen) atoms. The quantitative estimate of drug-likeness (QED) is 0.161. The Balaban J connectivity index is 1.06. The molecule has 4 heteroatoms. The molecule has 3 heterocycles. The number of para-hydroxylation sites is 4. The van der Waals surface area contributed by atoms with Gasteiger partial charge in [-0.2, -0.15) is 0 Å². The van der Waals surface area contributed by atoms with E-state index >= 15 is 0 Å². The van der Waals surface area contributed by atoms with Gasteiger partial charge in [-0.25, -0.2) is 9.97 Å². The van der Waals surface area contributed by atoms with E-state index in [2.05, 4.69) is 182 Å². The third-order valence-corrected chi connectivity index (χ3v) is 11.9. The lowest BCUT2D eigenvalue weighted by Gasteiger charge is -2.14. The van der Waals surface area contributed by atoms with Crippen molar-refractivity contribution in [3.63, 3.8) is 0 Å². The van der Waals surface area contributed by atoms with Crippen molar-refractivity contribution < 1.29 is 8.83 Å². The van der Waals surface area contributed by atoms with Crippen molar-refractivity contribution >= 4 is 43.9 Å². The molecular weight excluding hydrogens is 757 g/mol. The van der Waals surface area contributed by atoms with Gasteiger partial charge >= 0.3 is 0 Å². The summed E-state index contributed by atoms with van der Waals surface area (Å²) in [6.07, 6.45) is 0. The SMILES string of the molecule is c1ccc(-c2ccc(-c3cccc(-c4cc(-c5ccccc5)nc(-c5cc(-c6cccc7c6oc6ccccc67)cc(-c6cccc7c6oc6ccccc67)c5)n4)c3)cc2)cc1. The monoisotopic (exact) mass is 792 g/mol. The van der Waals surface area contributed by atoms with E-state index in [1.54, 1.807) is 0 Å². The number of furan rings is 2. The molecule has 4 nitrogen and oxygen atoms in total. The van der Waals surface area contributed by atoms with Gasteiger partial charge in [0, 0.05) is 49.4 Å². The molecule has 0 N–H and O–H groups in total. The summed E-state index contributed by atoms with van der Waals surface area (Å²) in [6, 6.07) is 76.2. The van der Waals surface area contributed by atoms with Crippen molar-refractivity contribution in [1.82, 2.24) is 9.97 Å². The predicted octanol–water partition coefficient (Wildman–Crippen LogP) is 15.9. The Hall–Kier alpha value is -8.34. The van der Waals surface area contributed by atoms with Crippen LogP contribution in [0.5, 0.6) is 0 Å². The maximum absolute atomic E-state index is 6.62. The van der Waals surface area contributed by atoms with E-state index in [0.717, 1.165) is 105 Å². The molecule has 0 spiro atoms. The van der Waals surface area contributed by atoms with Crippen LogP contribution in [0, 0.1) is 0 Å². The Morgan fingerprint density at radius 3 is 1.26 bits per heavy atom. The average molecular weight is 793 g/mol. The molecule has 290 valence electrons. The number of rotatable bonds is 7. The van der Waals surface area contributed by atoms with Gasteiger partial charge in [-0.3, -0.25) is 0 Å². The van der Waals surface area contributed by atoms with Gasteiger partial charge in [-0.1, -0.05) is 176 Å². The summed E-state index contributed by atoms with van der Waals surface area (Å²) < 4.78 is 13.2. The average Bonchev–Trinajstić information content (AvgIpc) is 3.93. The molecule has 12 aromatic rings. The Kier molecular flexibility index (Phi) is 8.46. The second-order valence-corrected chi connectivity index (χ2v) is 15.7. The molecule has 0 radical (unpaired) electrons. The van der Waals surface area contributed by atoms with Crippen LogP contribution in [0.15, 0.2) is 227 Å². The molecular formula is C58H36N2O2. The van der Waals surface area contributed by atoms with Crippen molar-refractivity contribution in [3.05, 3.63) is 218 Å². The molecule has 0 amide bonds. The highest BCUT2D eigenvalue weighted by atomic mass is 16.3. The normalized spacial score (nSPS) is 11.5. The fourth-order valence-electron chi connectivity index (χ4n) is 8.84. The number of hydrogen-bond acceptors (Lipinski definition) is 4. The van der Waals surface area contributed by atoms with Crippen molar-refractivity contribution in [1.29, 1.82) is 0 Å². The molecule has 9 aromatic carbocycles. The van der Waals surface area contributed by atoms with E-state index in [1.165, 1.54) is 11.1 Å². The molecule has 0 unspecified atom stereocenters. The van der Waals surface area contributed by atoms with E-state index in [4.69, 9.17) is 18.8 Å². The molecule has 0 fully saturated rings. The Morgan fingerprint density at radius 1 is 0.258 bits per heavy atom. The van der Waals surface area contributed by atoms with Crippen LogP contribution in [0.25, 0.3) is 122 Å². The number of fused-ring (bicyclic) bond motifs is 6. The van der Waals surface area contributed by atoms with Crippen LogP contribution in [0.3, 0.4) is 0 Å². The largest absolute Gasteiger partial charge is 0.455 e. The molecule has 0 aliphatic rings. The first-order chi connectivity index (χ1) is 30.7. The summed E-state index contributed by atoms with van der Waals surface area (Å²) in [5.41, 5.74) is 16.6. The smallest absolute Gasteiger partial charge is 0.160 e. The van der Waals surface area contributed by atoms with Crippen LogP contribution in [0.4, 0.5) is 0 Å². The second kappa shape index (κ2) is 14.7. The van der Waals surface area contributed by atoms with Gasteiger partial charge in [0.25, 0.3) is 0 Å². The van der Waals surface area contributed by atoms with E-state index in [0.29, 0.717) is 5.82 Å². The van der Waals surface area contributed by atoms with Crippen molar-refractivity contribution in [2.24, 2.45) is 0 Å². The summed E-state index contributed by atoms with van der Waals surface area (Å²) in [5.74, 6) is 0.621. The molecule has 0 atom stereocenters. The van der Waals surface area contributed by atoms with Crippen LogP contribution in [0.1, 0.15) is 0 Å². The molecule has 0 saturated heterocycles. The van der Waals surface area contributed by atoms with Crippen LogP contribution < -0.4 is 0 Å². The van der Waals surface area contributed by atoms with Gasteiger partial charge in [0.2, 0.25) is 0 Å². The lowest BCUT2D eigenvalue weighted by atomic mass is 9.93. The lowest BCUT2D eigenvalue weighted by molar-refractivity contribution is 0.670. The van der Waals surface area contributed by atoms with Crippen molar-refractivity contribution in [3.8, 4) is 78.4 Å². The van der Waals surface area contributed by atoms with Gasteiger partial charge in [-0.15, -0.1) is 0 Å². The highest BCUT2D eigenvalue weighted by molar-refractivity contribution is 6.11. The first-order valence-corrected chi connectivity index (χ1v) is 20.9. The minimum atomic E-state index is 0.621. The summed E-state index contributed by atoms with van der Waals surface area (Å²) in [4.78, 5) is 10.7. The molecule has 3 aromatic heterocycles. The standard InChI is InChI=1S/C58H36N2O2/c1-3-14-37(15-4-1)38-28-30-39(31-29-38)41-18-11-19-42(32-41)53-36-52(40-16-5-2-6-17-40)59-58(60-53)45-34-43(46-22-12-24-50-48-20-7-9-26-54(48)61-56(46)50)33-44(35-45)47-23-13-25-51-49-21-8-10-27-55(49)62-57(47)51/h1-36H. The zero-order valence-electron chi connectivity index (χ0n) is 33.5. The van der Waals surface area contributed by atoms with Gasteiger partial charge in [0.15, 0.2) is 5.82 Å². The molecule has 0 aliphatic heterocycles.